The van der Waals surface area contributed by atoms with Gasteiger partial charge in [0.1, 0.15) is 5.82 Å². The lowest BCUT2D eigenvalue weighted by Gasteiger charge is -2.24. The molecule has 4 heteroatoms. The topological polar surface area (TPSA) is 26.0 Å². The van der Waals surface area contributed by atoms with Crippen LogP contribution in [0.4, 0.5) is 4.39 Å². The van der Waals surface area contributed by atoms with Crippen molar-refractivity contribution in [3.05, 3.63) is 56.4 Å². The molecule has 96 valence electrons. The van der Waals surface area contributed by atoms with Gasteiger partial charge in [0.05, 0.1) is 0 Å². The van der Waals surface area contributed by atoms with Gasteiger partial charge in [-0.25, -0.2) is 4.39 Å². The summed E-state index contributed by atoms with van der Waals surface area (Å²) in [6.45, 7) is 2.03. The highest BCUT2D eigenvalue weighted by molar-refractivity contribution is 9.10. The van der Waals surface area contributed by atoms with Gasteiger partial charge in [0.25, 0.3) is 0 Å². The van der Waals surface area contributed by atoms with Crippen LogP contribution in [0.2, 0.25) is 0 Å². The number of thiophene rings is 1. The Labute approximate surface area is 119 Å². The van der Waals surface area contributed by atoms with Crippen LogP contribution < -0.4 is 5.73 Å². The molecule has 0 spiro atoms. The van der Waals surface area contributed by atoms with Crippen molar-refractivity contribution in [3.63, 3.8) is 0 Å². The number of hydrogen-bond acceptors (Lipinski definition) is 2. The van der Waals surface area contributed by atoms with Crippen molar-refractivity contribution in [3.8, 4) is 0 Å². The maximum absolute atomic E-state index is 12.8. The molecule has 0 aliphatic rings. The predicted molar refractivity (Wildman–Crippen MR) is 78.4 cm³/mol. The van der Waals surface area contributed by atoms with Gasteiger partial charge in [0.2, 0.25) is 0 Å². The number of hydrogen-bond donors (Lipinski definition) is 1. The molecule has 0 saturated carbocycles. The van der Waals surface area contributed by atoms with Gasteiger partial charge in [-0.1, -0.05) is 12.1 Å². The summed E-state index contributed by atoms with van der Waals surface area (Å²) in [6.07, 6.45) is 1.54. The minimum Gasteiger partial charge on any atom is -0.325 e. The zero-order valence-corrected chi connectivity index (χ0v) is 12.5. The first-order valence-electron chi connectivity index (χ1n) is 5.71. The van der Waals surface area contributed by atoms with Crippen LogP contribution >= 0.6 is 27.3 Å². The Hall–Kier alpha value is -0.710. The second-order valence-corrected chi connectivity index (χ2v) is 6.68. The first-order valence-corrected chi connectivity index (χ1v) is 7.39. The second kappa shape index (κ2) is 5.51. The quantitative estimate of drug-likeness (QED) is 0.896. The largest absolute Gasteiger partial charge is 0.325 e. The molecule has 1 nitrogen and oxygen atoms in total. The summed E-state index contributed by atoms with van der Waals surface area (Å²) in [6, 6.07) is 8.58. The van der Waals surface area contributed by atoms with Crippen LogP contribution in [0.25, 0.3) is 0 Å². The van der Waals surface area contributed by atoms with Gasteiger partial charge in [0.15, 0.2) is 0 Å². The molecular formula is C14H15BrFNS. The third-order valence-electron chi connectivity index (χ3n) is 2.78. The zero-order valence-electron chi connectivity index (χ0n) is 10.1. The minimum absolute atomic E-state index is 0.210. The van der Waals surface area contributed by atoms with Crippen molar-refractivity contribution in [2.45, 2.75) is 25.3 Å². The highest BCUT2D eigenvalue weighted by atomic mass is 79.9. The zero-order chi connectivity index (χ0) is 13.2. The van der Waals surface area contributed by atoms with E-state index in [1.54, 1.807) is 23.5 Å². The molecule has 0 saturated heterocycles. The lowest BCUT2D eigenvalue weighted by atomic mass is 9.90. The number of halogens is 2. The van der Waals surface area contributed by atoms with E-state index in [0.29, 0.717) is 0 Å². The monoisotopic (exact) mass is 327 g/mol. The lowest BCUT2D eigenvalue weighted by Crippen LogP contribution is -2.40. The van der Waals surface area contributed by atoms with Crippen LogP contribution in [0, 0.1) is 5.82 Å². The van der Waals surface area contributed by atoms with Crippen LogP contribution in [0.3, 0.4) is 0 Å². The van der Waals surface area contributed by atoms with E-state index in [1.165, 1.54) is 17.0 Å². The fourth-order valence-electron chi connectivity index (χ4n) is 1.95. The molecule has 0 fully saturated rings. The van der Waals surface area contributed by atoms with Crippen LogP contribution in [0.1, 0.15) is 17.4 Å². The summed E-state index contributed by atoms with van der Waals surface area (Å²) in [7, 11) is 0. The Balaban J connectivity index is 2.07. The Morgan fingerprint density at radius 1 is 1.22 bits per heavy atom. The third-order valence-corrected chi connectivity index (χ3v) is 4.70. The number of rotatable bonds is 4. The molecule has 2 N–H and O–H groups in total. The van der Waals surface area contributed by atoms with E-state index in [4.69, 9.17) is 5.73 Å². The maximum atomic E-state index is 12.8. The summed E-state index contributed by atoms with van der Waals surface area (Å²) in [5, 5.41) is 2.05. The smallest absolute Gasteiger partial charge is 0.123 e. The van der Waals surface area contributed by atoms with Crippen LogP contribution in [-0.2, 0) is 12.8 Å². The lowest BCUT2D eigenvalue weighted by molar-refractivity contribution is 0.465. The highest BCUT2D eigenvalue weighted by Gasteiger charge is 2.21. The molecule has 18 heavy (non-hydrogen) atoms. The number of benzene rings is 1. The van der Waals surface area contributed by atoms with E-state index >= 15 is 0 Å². The molecule has 0 aliphatic carbocycles. The fourth-order valence-corrected chi connectivity index (χ4v) is 3.64. The molecule has 2 aromatic rings. The molecule has 0 radical (unpaired) electrons. The average Bonchev–Trinajstić information content (AvgIpc) is 2.67. The Morgan fingerprint density at radius 3 is 2.44 bits per heavy atom. The molecule has 1 atom stereocenters. The van der Waals surface area contributed by atoms with Gasteiger partial charge in [-0.15, -0.1) is 11.3 Å². The third kappa shape index (κ3) is 3.64. The average molecular weight is 328 g/mol. The van der Waals surface area contributed by atoms with E-state index < -0.39 is 0 Å². The molecule has 1 aromatic carbocycles. The van der Waals surface area contributed by atoms with Gasteiger partial charge in [-0.3, -0.25) is 0 Å². The van der Waals surface area contributed by atoms with E-state index in [-0.39, 0.29) is 11.4 Å². The van der Waals surface area contributed by atoms with E-state index in [1.807, 2.05) is 18.4 Å². The summed E-state index contributed by atoms with van der Waals surface area (Å²) >= 11 is 5.22. The Morgan fingerprint density at radius 2 is 1.89 bits per heavy atom. The van der Waals surface area contributed by atoms with Crippen LogP contribution in [0.5, 0.6) is 0 Å². The minimum atomic E-state index is -0.328. The van der Waals surface area contributed by atoms with E-state index in [0.717, 1.165) is 22.9 Å². The van der Waals surface area contributed by atoms with Gasteiger partial charge in [-0.2, -0.15) is 0 Å². The van der Waals surface area contributed by atoms with Crippen molar-refractivity contribution < 1.29 is 4.39 Å². The van der Waals surface area contributed by atoms with E-state index in [2.05, 4.69) is 15.9 Å². The summed E-state index contributed by atoms with van der Waals surface area (Å²) in [5.41, 5.74) is 7.07. The molecule has 2 rings (SSSR count). The Kier molecular flexibility index (Phi) is 4.20. The van der Waals surface area contributed by atoms with Crippen LogP contribution in [0.15, 0.2) is 40.2 Å². The van der Waals surface area contributed by atoms with Gasteiger partial charge < -0.3 is 5.73 Å². The predicted octanol–water partition coefficient (Wildman–Crippen LogP) is 4.15. The van der Waals surface area contributed by atoms with Crippen molar-refractivity contribution in [1.29, 1.82) is 0 Å². The summed E-state index contributed by atoms with van der Waals surface area (Å²) in [5.74, 6) is -0.210. The van der Waals surface area contributed by atoms with Gasteiger partial charge in [-0.05, 0) is 58.4 Å². The van der Waals surface area contributed by atoms with Crippen LogP contribution in [-0.4, -0.2) is 5.54 Å². The summed E-state index contributed by atoms with van der Waals surface area (Å²) in [4.78, 5) is 1.25. The molecule has 0 bridgehead atoms. The molecule has 1 heterocycles. The fraction of sp³-hybridized carbons (Fsp3) is 0.286. The SMILES string of the molecule is CC(N)(Cc1ccc(F)cc1)Cc1sccc1Br. The summed E-state index contributed by atoms with van der Waals surface area (Å²) < 4.78 is 14.0. The Bertz CT molecular complexity index is 519. The molecule has 1 unspecified atom stereocenters. The van der Waals surface area contributed by atoms with Crippen molar-refractivity contribution in [1.82, 2.24) is 0 Å². The number of nitrogens with two attached hydrogens (primary N) is 1. The van der Waals surface area contributed by atoms with Crippen molar-refractivity contribution in [2.75, 3.05) is 0 Å². The molecule has 0 aliphatic heterocycles. The van der Waals surface area contributed by atoms with Gasteiger partial charge >= 0.3 is 0 Å². The molecule has 1 aromatic heterocycles. The molecule has 0 amide bonds. The second-order valence-electron chi connectivity index (χ2n) is 4.83. The first kappa shape index (κ1) is 13.7. The van der Waals surface area contributed by atoms with E-state index in [9.17, 15) is 4.39 Å². The normalized spacial score (nSPS) is 14.4. The first-order chi connectivity index (χ1) is 8.46. The van der Waals surface area contributed by atoms with Gasteiger partial charge in [0, 0.05) is 21.3 Å². The highest BCUT2D eigenvalue weighted by Crippen LogP contribution is 2.27. The maximum Gasteiger partial charge on any atom is 0.123 e. The van der Waals surface area contributed by atoms with Crippen molar-refractivity contribution in [2.24, 2.45) is 5.73 Å². The molecular weight excluding hydrogens is 313 g/mol. The van der Waals surface area contributed by atoms with Crippen molar-refractivity contribution >= 4 is 27.3 Å². The standard InChI is InChI=1S/C14H15BrFNS/c1-14(17,9-13-12(15)6-7-18-13)8-10-2-4-11(16)5-3-10/h2-7H,8-9,17H2,1H3.